The summed E-state index contributed by atoms with van der Waals surface area (Å²) in [6.07, 6.45) is 4.08. The molecular formula is C18H19FN2O2S. The summed E-state index contributed by atoms with van der Waals surface area (Å²) >= 11 is 0. The van der Waals surface area contributed by atoms with E-state index in [1.54, 1.807) is 25.1 Å². The highest BCUT2D eigenvalue weighted by molar-refractivity contribution is 7.89. The first kappa shape index (κ1) is 18.0. The average molecular weight is 346 g/mol. The first-order chi connectivity index (χ1) is 11.2. The maximum atomic E-state index is 13.2. The molecular weight excluding hydrogens is 327 g/mol. The van der Waals surface area contributed by atoms with E-state index in [9.17, 15) is 12.8 Å². The molecule has 2 rings (SSSR count). The summed E-state index contributed by atoms with van der Waals surface area (Å²) in [5.74, 6) is -0.442. The van der Waals surface area contributed by atoms with Gasteiger partial charge in [0.25, 0.3) is 0 Å². The molecule has 0 saturated carbocycles. The molecule has 0 aliphatic carbocycles. The Labute approximate surface area is 141 Å². The van der Waals surface area contributed by atoms with E-state index in [4.69, 9.17) is 5.26 Å². The Hall–Kier alpha value is -2.39. The van der Waals surface area contributed by atoms with Gasteiger partial charge in [0.05, 0.1) is 12.3 Å². The molecule has 0 atom stereocenters. The van der Waals surface area contributed by atoms with E-state index in [1.165, 1.54) is 22.2 Å². The molecule has 0 amide bonds. The van der Waals surface area contributed by atoms with Crippen LogP contribution in [0.1, 0.15) is 36.7 Å². The Morgan fingerprint density at radius 3 is 2.29 bits per heavy atom. The molecule has 0 spiro atoms. The SMILES string of the molecule is Cc1c(-c2ccc(F)cc2)c(/C=C/C#N)c(C(C)C)n1S(C)(=O)=O. The largest absolute Gasteiger partial charge is 0.246 e. The van der Waals surface area contributed by atoms with Crippen LogP contribution in [-0.4, -0.2) is 18.6 Å². The van der Waals surface area contributed by atoms with Crippen molar-refractivity contribution in [2.24, 2.45) is 0 Å². The molecule has 1 aromatic heterocycles. The fourth-order valence-electron chi connectivity index (χ4n) is 2.96. The number of aromatic nitrogens is 1. The normalized spacial score (nSPS) is 12.0. The summed E-state index contributed by atoms with van der Waals surface area (Å²) in [6, 6.07) is 7.82. The van der Waals surface area contributed by atoms with Crippen LogP contribution >= 0.6 is 0 Å². The summed E-state index contributed by atoms with van der Waals surface area (Å²) in [5.41, 5.74) is 3.22. The summed E-state index contributed by atoms with van der Waals surface area (Å²) in [5, 5.41) is 8.88. The Kier molecular flexibility index (Phi) is 4.95. The summed E-state index contributed by atoms with van der Waals surface area (Å²) < 4.78 is 39.2. The second kappa shape index (κ2) is 6.62. The van der Waals surface area contributed by atoms with Crippen molar-refractivity contribution in [3.8, 4) is 17.2 Å². The van der Waals surface area contributed by atoms with Gasteiger partial charge in [-0.3, -0.25) is 0 Å². The minimum absolute atomic E-state index is 0.0778. The highest BCUT2D eigenvalue weighted by atomic mass is 32.2. The van der Waals surface area contributed by atoms with Gasteiger partial charge < -0.3 is 0 Å². The van der Waals surface area contributed by atoms with E-state index in [0.29, 0.717) is 28.1 Å². The van der Waals surface area contributed by atoms with E-state index >= 15 is 0 Å². The van der Waals surface area contributed by atoms with Gasteiger partial charge in [0.2, 0.25) is 10.0 Å². The van der Waals surface area contributed by atoms with Gasteiger partial charge in [0.15, 0.2) is 0 Å². The number of nitrogens with zero attached hydrogens (tertiary/aromatic N) is 2. The molecule has 0 unspecified atom stereocenters. The summed E-state index contributed by atoms with van der Waals surface area (Å²) in [7, 11) is -3.53. The molecule has 0 aliphatic rings. The van der Waals surface area contributed by atoms with Crippen LogP contribution in [0.3, 0.4) is 0 Å². The number of rotatable bonds is 4. The standard InChI is InChI=1S/C18H19FN2O2S/c1-12(2)18-16(6-5-11-20)17(13(3)21(18)24(4,22)23)14-7-9-15(19)10-8-14/h5-10,12H,1-4H3/b6-5+. The van der Waals surface area contributed by atoms with E-state index in [-0.39, 0.29) is 11.7 Å². The molecule has 6 heteroatoms. The van der Waals surface area contributed by atoms with Gasteiger partial charge in [0, 0.05) is 28.6 Å². The zero-order valence-electron chi connectivity index (χ0n) is 14.0. The highest BCUT2D eigenvalue weighted by Gasteiger charge is 2.26. The lowest BCUT2D eigenvalue weighted by atomic mass is 9.97. The van der Waals surface area contributed by atoms with Crippen LogP contribution in [0, 0.1) is 24.1 Å². The number of hydrogen-bond acceptors (Lipinski definition) is 3. The number of hydrogen-bond donors (Lipinski definition) is 0. The van der Waals surface area contributed by atoms with Gasteiger partial charge in [-0.15, -0.1) is 0 Å². The lowest BCUT2D eigenvalue weighted by molar-refractivity contribution is 0.587. The first-order valence-corrected chi connectivity index (χ1v) is 9.31. The molecule has 0 radical (unpaired) electrons. The molecule has 0 fully saturated rings. The Bertz CT molecular complexity index is 931. The van der Waals surface area contributed by atoms with Crippen LogP contribution in [0.5, 0.6) is 0 Å². The van der Waals surface area contributed by atoms with Gasteiger partial charge in [-0.05, 0) is 36.6 Å². The molecule has 0 saturated heterocycles. The van der Waals surface area contributed by atoms with Gasteiger partial charge in [0.1, 0.15) is 5.82 Å². The highest BCUT2D eigenvalue weighted by Crippen LogP contribution is 2.37. The maximum absolute atomic E-state index is 13.2. The minimum Gasteiger partial charge on any atom is -0.246 e. The molecule has 0 bridgehead atoms. The Morgan fingerprint density at radius 2 is 1.83 bits per heavy atom. The fraction of sp³-hybridized carbons (Fsp3) is 0.278. The van der Waals surface area contributed by atoms with Gasteiger partial charge in [-0.2, -0.15) is 5.26 Å². The quantitative estimate of drug-likeness (QED) is 0.784. The zero-order valence-corrected chi connectivity index (χ0v) is 14.9. The van der Waals surface area contributed by atoms with Crippen molar-refractivity contribution >= 4 is 16.1 Å². The molecule has 24 heavy (non-hydrogen) atoms. The van der Waals surface area contributed by atoms with Gasteiger partial charge in [-0.1, -0.05) is 26.0 Å². The van der Waals surface area contributed by atoms with Crippen LogP contribution in [0.2, 0.25) is 0 Å². The zero-order chi connectivity index (χ0) is 18.1. The van der Waals surface area contributed by atoms with E-state index in [2.05, 4.69) is 0 Å². The number of halogens is 1. The summed E-state index contributed by atoms with van der Waals surface area (Å²) in [4.78, 5) is 0. The molecule has 0 aliphatic heterocycles. The fourth-order valence-corrected chi connectivity index (χ4v) is 4.21. The Balaban J connectivity index is 2.95. The van der Waals surface area contributed by atoms with Crippen LogP contribution in [0.25, 0.3) is 17.2 Å². The van der Waals surface area contributed by atoms with Crippen molar-refractivity contribution in [2.45, 2.75) is 26.7 Å². The smallest absolute Gasteiger partial charge is 0.236 e. The Morgan fingerprint density at radius 1 is 1.25 bits per heavy atom. The first-order valence-electron chi connectivity index (χ1n) is 7.46. The third kappa shape index (κ3) is 3.26. The van der Waals surface area contributed by atoms with Gasteiger partial charge in [-0.25, -0.2) is 16.8 Å². The van der Waals surface area contributed by atoms with Crippen molar-refractivity contribution in [3.63, 3.8) is 0 Å². The third-order valence-electron chi connectivity index (χ3n) is 3.77. The van der Waals surface area contributed by atoms with E-state index in [0.717, 1.165) is 6.26 Å². The molecule has 2 aromatic rings. The van der Waals surface area contributed by atoms with Crippen LogP contribution < -0.4 is 0 Å². The average Bonchev–Trinajstić information content (AvgIpc) is 2.79. The monoisotopic (exact) mass is 346 g/mol. The number of nitriles is 1. The maximum Gasteiger partial charge on any atom is 0.236 e. The topological polar surface area (TPSA) is 62.9 Å². The van der Waals surface area contributed by atoms with Crippen molar-refractivity contribution in [3.05, 3.63) is 53.1 Å². The predicted molar refractivity (Wildman–Crippen MR) is 93.5 cm³/mol. The number of allylic oxidation sites excluding steroid dienone is 1. The van der Waals surface area contributed by atoms with E-state index < -0.39 is 10.0 Å². The van der Waals surface area contributed by atoms with Crippen molar-refractivity contribution in [2.75, 3.05) is 6.26 Å². The predicted octanol–water partition coefficient (Wildman–Crippen LogP) is 4.07. The second-order valence-corrected chi connectivity index (χ2v) is 7.74. The molecule has 0 N–H and O–H groups in total. The molecule has 1 aromatic carbocycles. The lowest BCUT2D eigenvalue weighted by Gasteiger charge is -2.12. The lowest BCUT2D eigenvalue weighted by Crippen LogP contribution is -2.16. The molecule has 1 heterocycles. The van der Waals surface area contributed by atoms with Crippen LogP contribution in [0.4, 0.5) is 4.39 Å². The van der Waals surface area contributed by atoms with Crippen LogP contribution in [0.15, 0.2) is 30.3 Å². The van der Waals surface area contributed by atoms with Crippen molar-refractivity contribution in [1.82, 2.24) is 3.97 Å². The van der Waals surface area contributed by atoms with Crippen LogP contribution in [-0.2, 0) is 10.0 Å². The van der Waals surface area contributed by atoms with Gasteiger partial charge >= 0.3 is 0 Å². The van der Waals surface area contributed by atoms with Crippen molar-refractivity contribution in [1.29, 1.82) is 5.26 Å². The minimum atomic E-state index is -3.53. The molecule has 4 nitrogen and oxygen atoms in total. The third-order valence-corrected chi connectivity index (χ3v) is 4.90. The van der Waals surface area contributed by atoms with Crippen molar-refractivity contribution < 1.29 is 12.8 Å². The molecule has 126 valence electrons. The van der Waals surface area contributed by atoms with E-state index in [1.807, 2.05) is 19.9 Å². The number of benzene rings is 1. The second-order valence-electron chi connectivity index (χ2n) is 5.91. The summed E-state index contributed by atoms with van der Waals surface area (Å²) in [6.45, 7) is 5.51.